The topological polar surface area (TPSA) is 84.7 Å². The van der Waals surface area contributed by atoms with Gasteiger partial charge in [0.05, 0.1) is 11.3 Å². The van der Waals surface area contributed by atoms with Crippen LogP contribution < -0.4 is 10.1 Å². The summed E-state index contributed by atoms with van der Waals surface area (Å²) >= 11 is 0. The SMILES string of the molecule is Cc1noc(C)c1COc1cccc(C(=O)Nc2cccc(CN3CCCC3=O)c2)c1. The van der Waals surface area contributed by atoms with Crippen molar-refractivity contribution in [3.8, 4) is 5.75 Å². The van der Waals surface area contributed by atoms with Gasteiger partial charge in [0.15, 0.2) is 0 Å². The first-order valence-electron chi connectivity index (χ1n) is 10.3. The maximum Gasteiger partial charge on any atom is 0.255 e. The normalized spacial score (nSPS) is 13.5. The van der Waals surface area contributed by atoms with Gasteiger partial charge in [-0.2, -0.15) is 0 Å². The largest absolute Gasteiger partial charge is 0.489 e. The maximum absolute atomic E-state index is 12.8. The number of aromatic nitrogens is 1. The lowest BCUT2D eigenvalue weighted by Crippen LogP contribution is -2.23. The van der Waals surface area contributed by atoms with Crippen molar-refractivity contribution in [1.82, 2.24) is 10.1 Å². The molecule has 3 aromatic rings. The van der Waals surface area contributed by atoms with Crippen LogP contribution in [0.1, 0.15) is 45.8 Å². The van der Waals surface area contributed by atoms with Gasteiger partial charge in [0, 0.05) is 30.8 Å². The third-order valence-electron chi connectivity index (χ3n) is 5.39. The maximum atomic E-state index is 12.8. The van der Waals surface area contributed by atoms with Crippen LogP contribution in [0.15, 0.2) is 53.1 Å². The fraction of sp³-hybridized carbons (Fsp3) is 0.292. The van der Waals surface area contributed by atoms with Gasteiger partial charge in [0.25, 0.3) is 5.91 Å². The van der Waals surface area contributed by atoms with Crippen molar-refractivity contribution in [1.29, 1.82) is 0 Å². The molecular weight excluding hydrogens is 394 g/mol. The number of benzene rings is 2. The Morgan fingerprint density at radius 3 is 2.77 bits per heavy atom. The summed E-state index contributed by atoms with van der Waals surface area (Å²) in [5.74, 6) is 1.27. The van der Waals surface area contributed by atoms with Gasteiger partial charge in [0.1, 0.15) is 18.1 Å². The van der Waals surface area contributed by atoms with Crippen LogP contribution in [0, 0.1) is 13.8 Å². The molecule has 2 heterocycles. The standard InChI is InChI=1S/C24H25N3O4/c1-16-22(17(2)31-26-16)15-30-21-9-4-7-19(13-21)24(29)25-20-8-3-6-18(12-20)14-27-11-5-10-23(27)28/h3-4,6-9,12-13H,5,10-11,14-15H2,1-2H3,(H,25,29). The molecule has 1 fully saturated rings. The molecule has 0 bridgehead atoms. The molecule has 1 N–H and O–H groups in total. The molecule has 0 aliphatic carbocycles. The number of aryl methyl sites for hydroxylation is 2. The number of rotatable bonds is 7. The lowest BCUT2D eigenvalue weighted by atomic mass is 10.1. The number of carbonyl (C=O) groups excluding carboxylic acids is 2. The lowest BCUT2D eigenvalue weighted by Gasteiger charge is -2.16. The van der Waals surface area contributed by atoms with E-state index in [9.17, 15) is 9.59 Å². The molecule has 0 radical (unpaired) electrons. The van der Waals surface area contributed by atoms with Crippen LogP contribution in [0.5, 0.6) is 5.75 Å². The Labute approximate surface area is 181 Å². The van der Waals surface area contributed by atoms with E-state index in [-0.39, 0.29) is 11.8 Å². The van der Waals surface area contributed by atoms with E-state index in [4.69, 9.17) is 9.26 Å². The van der Waals surface area contributed by atoms with Gasteiger partial charge in [-0.25, -0.2) is 0 Å². The molecule has 160 valence electrons. The van der Waals surface area contributed by atoms with Crippen molar-refractivity contribution in [2.24, 2.45) is 0 Å². The molecule has 1 saturated heterocycles. The number of nitrogens with zero attached hydrogens (tertiary/aromatic N) is 2. The number of nitrogens with one attached hydrogen (secondary N) is 1. The summed E-state index contributed by atoms with van der Waals surface area (Å²) in [6.45, 7) is 5.39. The molecule has 7 nitrogen and oxygen atoms in total. The van der Waals surface area contributed by atoms with E-state index in [0.717, 1.165) is 35.5 Å². The van der Waals surface area contributed by atoms with Gasteiger partial charge in [-0.05, 0) is 56.2 Å². The fourth-order valence-electron chi connectivity index (χ4n) is 3.63. The zero-order valence-corrected chi connectivity index (χ0v) is 17.7. The number of hydrogen-bond acceptors (Lipinski definition) is 5. The summed E-state index contributed by atoms with van der Waals surface area (Å²) < 4.78 is 11.0. The second-order valence-corrected chi connectivity index (χ2v) is 7.69. The van der Waals surface area contributed by atoms with E-state index < -0.39 is 0 Å². The van der Waals surface area contributed by atoms with Gasteiger partial charge >= 0.3 is 0 Å². The highest BCUT2D eigenvalue weighted by Gasteiger charge is 2.20. The van der Waals surface area contributed by atoms with Crippen LogP contribution in [-0.4, -0.2) is 28.4 Å². The molecule has 0 unspecified atom stereocenters. The minimum absolute atomic E-state index is 0.183. The Hall–Kier alpha value is -3.61. The fourth-order valence-corrected chi connectivity index (χ4v) is 3.63. The summed E-state index contributed by atoms with van der Waals surface area (Å²) in [6.07, 6.45) is 1.52. The summed E-state index contributed by atoms with van der Waals surface area (Å²) in [5, 5.41) is 6.85. The smallest absolute Gasteiger partial charge is 0.255 e. The van der Waals surface area contributed by atoms with E-state index in [1.54, 1.807) is 18.2 Å². The average molecular weight is 419 g/mol. The van der Waals surface area contributed by atoms with Crippen molar-refractivity contribution < 1.29 is 18.8 Å². The number of anilines is 1. The molecule has 4 rings (SSSR count). The molecule has 1 aliphatic rings. The summed E-state index contributed by atoms with van der Waals surface area (Å²) in [5.41, 5.74) is 3.88. The Morgan fingerprint density at radius 1 is 1.19 bits per heavy atom. The molecule has 0 spiro atoms. The number of hydrogen-bond donors (Lipinski definition) is 1. The molecule has 1 aromatic heterocycles. The minimum Gasteiger partial charge on any atom is -0.489 e. The molecule has 0 atom stereocenters. The Morgan fingerprint density at radius 2 is 2.03 bits per heavy atom. The van der Waals surface area contributed by atoms with Gasteiger partial charge in [-0.3, -0.25) is 9.59 Å². The molecule has 31 heavy (non-hydrogen) atoms. The Bertz CT molecular complexity index is 1090. The van der Waals surface area contributed by atoms with Crippen molar-refractivity contribution in [2.45, 2.75) is 39.8 Å². The van der Waals surface area contributed by atoms with E-state index in [1.807, 2.05) is 49.1 Å². The van der Waals surface area contributed by atoms with E-state index in [2.05, 4.69) is 10.5 Å². The predicted molar refractivity (Wildman–Crippen MR) is 116 cm³/mol. The first-order valence-corrected chi connectivity index (χ1v) is 10.3. The minimum atomic E-state index is -0.225. The van der Waals surface area contributed by atoms with Crippen molar-refractivity contribution in [2.75, 3.05) is 11.9 Å². The molecule has 7 heteroatoms. The molecule has 2 aromatic carbocycles. The van der Waals surface area contributed by atoms with Crippen molar-refractivity contribution in [3.05, 3.63) is 76.7 Å². The van der Waals surface area contributed by atoms with E-state index in [1.165, 1.54) is 0 Å². The lowest BCUT2D eigenvalue weighted by molar-refractivity contribution is -0.128. The second kappa shape index (κ2) is 9.04. The van der Waals surface area contributed by atoms with Crippen LogP contribution in [0.25, 0.3) is 0 Å². The summed E-state index contributed by atoms with van der Waals surface area (Å²) in [6, 6.07) is 14.6. The molecular formula is C24H25N3O4. The molecule has 0 saturated carbocycles. The number of amides is 2. The molecule has 1 aliphatic heterocycles. The van der Waals surface area contributed by atoms with Crippen LogP contribution >= 0.6 is 0 Å². The zero-order chi connectivity index (χ0) is 21.8. The average Bonchev–Trinajstić information content (AvgIpc) is 3.31. The highest BCUT2D eigenvalue weighted by molar-refractivity contribution is 6.04. The second-order valence-electron chi connectivity index (χ2n) is 7.69. The summed E-state index contributed by atoms with van der Waals surface area (Å²) in [4.78, 5) is 26.5. The highest BCUT2D eigenvalue weighted by atomic mass is 16.5. The van der Waals surface area contributed by atoms with Crippen LogP contribution in [0.2, 0.25) is 0 Å². The van der Waals surface area contributed by atoms with E-state index >= 15 is 0 Å². The van der Waals surface area contributed by atoms with Gasteiger partial charge in [-0.15, -0.1) is 0 Å². The van der Waals surface area contributed by atoms with Gasteiger partial charge in [0.2, 0.25) is 5.91 Å². The van der Waals surface area contributed by atoms with E-state index in [0.29, 0.717) is 36.6 Å². The van der Waals surface area contributed by atoms with Crippen LogP contribution in [0.3, 0.4) is 0 Å². The first kappa shape index (κ1) is 20.7. The van der Waals surface area contributed by atoms with Gasteiger partial charge < -0.3 is 19.5 Å². The quantitative estimate of drug-likeness (QED) is 0.619. The summed E-state index contributed by atoms with van der Waals surface area (Å²) in [7, 11) is 0. The number of ether oxygens (including phenoxy) is 1. The predicted octanol–water partition coefficient (Wildman–Crippen LogP) is 4.25. The van der Waals surface area contributed by atoms with Gasteiger partial charge in [-0.1, -0.05) is 23.4 Å². The van der Waals surface area contributed by atoms with Crippen LogP contribution in [-0.2, 0) is 17.9 Å². The Kier molecular flexibility index (Phi) is 6.02. The molecule has 2 amide bonds. The highest BCUT2D eigenvalue weighted by Crippen LogP contribution is 2.21. The monoisotopic (exact) mass is 419 g/mol. The first-order chi connectivity index (χ1) is 15.0. The zero-order valence-electron chi connectivity index (χ0n) is 17.7. The number of carbonyl (C=O) groups is 2. The third-order valence-corrected chi connectivity index (χ3v) is 5.39. The number of likely N-dealkylation sites (tertiary alicyclic amines) is 1. The van der Waals surface area contributed by atoms with Crippen molar-refractivity contribution in [3.63, 3.8) is 0 Å². The van der Waals surface area contributed by atoms with Crippen LogP contribution in [0.4, 0.5) is 5.69 Å². The Balaban J connectivity index is 1.40. The van der Waals surface area contributed by atoms with Crippen molar-refractivity contribution >= 4 is 17.5 Å². The third kappa shape index (κ3) is 4.94.